The molecule has 0 aliphatic carbocycles. The number of rotatable bonds is 3. The van der Waals surface area contributed by atoms with Gasteiger partial charge in [0.05, 0.1) is 0 Å². The quantitative estimate of drug-likeness (QED) is 0.634. The van der Waals surface area contributed by atoms with E-state index in [0.717, 1.165) is 25.3 Å². The summed E-state index contributed by atoms with van der Waals surface area (Å²) < 4.78 is 0. The molecule has 3 nitrogen and oxygen atoms in total. The summed E-state index contributed by atoms with van der Waals surface area (Å²) >= 11 is 1.91. The summed E-state index contributed by atoms with van der Waals surface area (Å²) in [6, 6.07) is 0.577. The molecule has 0 spiro atoms. The summed E-state index contributed by atoms with van der Waals surface area (Å²) in [7, 11) is 0. The van der Waals surface area contributed by atoms with Crippen molar-refractivity contribution in [3.8, 4) is 0 Å². The predicted octanol–water partition coefficient (Wildman–Crippen LogP) is 0.0515. The van der Waals surface area contributed by atoms with E-state index in [0.29, 0.717) is 17.2 Å². The average Bonchev–Trinajstić information content (AvgIpc) is 2.39. The third-order valence-corrected chi connectivity index (χ3v) is 3.86. The minimum atomic E-state index is 0.343. The van der Waals surface area contributed by atoms with Gasteiger partial charge in [0, 0.05) is 36.6 Å². The summed E-state index contributed by atoms with van der Waals surface area (Å²) in [5, 5.41) is 0.657. The molecule has 2 N–H and O–H groups in total. The van der Waals surface area contributed by atoms with Gasteiger partial charge in [-0.05, 0) is 6.42 Å². The van der Waals surface area contributed by atoms with E-state index in [-0.39, 0.29) is 0 Å². The smallest absolute Gasteiger partial charge is 0.224 e. The third kappa shape index (κ3) is 1.33. The highest BCUT2D eigenvalue weighted by Gasteiger charge is 2.43. The average molecular weight is 186 g/mol. The Labute approximate surface area is 76.7 Å². The maximum absolute atomic E-state index is 11.0. The first kappa shape index (κ1) is 8.38. The zero-order chi connectivity index (χ0) is 8.55. The summed E-state index contributed by atoms with van der Waals surface area (Å²) in [4.78, 5) is 13.0. The summed E-state index contributed by atoms with van der Waals surface area (Å²) in [5.41, 5.74) is 5.42. The number of hydrogen-bond acceptors (Lipinski definition) is 3. The van der Waals surface area contributed by atoms with Crippen molar-refractivity contribution in [3.63, 3.8) is 0 Å². The van der Waals surface area contributed by atoms with Crippen LogP contribution in [0.25, 0.3) is 0 Å². The fraction of sp³-hybridized carbons (Fsp3) is 0.875. The summed E-state index contributed by atoms with van der Waals surface area (Å²) in [6.07, 6.45) is 1.98. The molecule has 2 aliphatic heterocycles. The molecule has 0 saturated carbocycles. The number of fused-ring (bicyclic) bond motifs is 1. The maximum Gasteiger partial charge on any atom is 0.224 e. The number of β-lactam (4-membered cyclic amide) rings is 1. The van der Waals surface area contributed by atoms with Gasteiger partial charge in [0.15, 0.2) is 0 Å². The fourth-order valence-corrected chi connectivity index (χ4v) is 3.03. The van der Waals surface area contributed by atoms with Gasteiger partial charge in [-0.3, -0.25) is 4.79 Å². The van der Waals surface area contributed by atoms with Crippen LogP contribution in [-0.2, 0) is 4.79 Å². The first-order chi connectivity index (χ1) is 5.81. The van der Waals surface area contributed by atoms with Crippen molar-refractivity contribution < 1.29 is 4.79 Å². The molecule has 2 heterocycles. The number of amides is 1. The Morgan fingerprint density at radius 1 is 1.67 bits per heavy atom. The Kier molecular flexibility index (Phi) is 2.28. The van der Waals surface area contributed by atoms with Crippen molar-refractivity contribution >= 4 is 17.7 Å². The van der Waals surface area contributed by atoms with Crippen molar-refractivity contribution in [2.24, 2.45) is 5.73 Å². The van der Waals surface area contributed by atoms with Crippen LogP contribution in [0.15, 0.2) is 0 Å². The minimum absolute atomic E-state index is 0.343. The third-order valence-electron chi connectivity index (χ3n) is 2.58. The Bertz CT molecular complexity index is 197. The van der Waals surface area contributed by atoms with Gasteiger partial charge >= 0.3 is 0 Å². The number of carbonyl (C=O) groups is 1. The predicted molar refractivity (Wildman–Crippen MR) is 50.0 cm³/mol. The monoisotopic (exact) mass is 186 g/mol. The first-order valence-corrected chi connectivity index (χ1v) is 5.47. The highest BCUT2D eigenvalue weighted by molar-refractivity contribution is 7.99. The molecule has 68 valence electrons. The van der Waals surface area contributed by atoms with E-state index < -0.39 is 0 Å². The molecular formula is C8H14N2OS. The molecule has 0 bridgehead atoms. The van der Waals surface area contributed by atoms with Gasteiger partial charge in [0.2, 0.25) is 5.91 Å². The lowest BCUT2D eigenvalue weighted by atomic mass is 10.0. The minimum Gasteiger partial charge on any atom is -0.338 e. The van der Waals surface area contributed by atoms with Crippen molar-refractivity contribution in [2.45, 2.75) is 24.1 Å². The van der Waals surface area contributed by atoms with Gasteiger partial charge in [0.1, 0.15) is 0 Å². The van der Waals surface area contributed by atoms with E-state index in [1.54, 1.807) is 0 Å². The number of carbonyl (C=O) groups excluding carboxylic acids is 1. The van der Waals surface area contributed by atoms with Gasteiger partial charge < -0.3 is 10.6 Å². The molecule has 1 amide bonds. The summed E-state index contributed by atoms with van der Waals surface area (Å²) in [6.45, 7) is 1.72. The number of nitrogens with zero attached hydrogens (tertiary/aromatic N) is 1. The second-order valence-electron chi connectivity index (χ2n) is 3.42. The highest BCUT2D eigenvalue weighted by Crippen LogP contribution is 2.35. The Balaban J connectivity index is 1.78. The normalized spacial score (nSPS) is 33.4. The molecule has 4 heteroatoms. The van der Waals surface area contributed by atoms with Gasteiger partial charge in [-0.25, -0.2) is 0 Å². The second-order valence-corrected chi connectivity index (χ2v) is 4.83. The van der Waals surface area contributed by atoms with Crippen LogP contribution in [0.4, 0.5) is 0 Å². The Morgan fingerprint density at radius 3 is 3.08 bits per heavy atom. The fourth-order valence-electron chi connectivity index (χ4n) is 1.93. The molecule has 0 aromatic carbocycles. The molecule has 2 aliphatic rings. The van der Waals surface area contributed by atoms with Crippen LogP contribution in [0.3, 0.4) is 0 Å². The van der Waals surface area contributed by atoms with Crippen LogP contribution in [0.2, 0.25) is 0 Å². The van der Waals surface area contributed by atoms with Crippen LogP contribution in [0.5, 0.6) is 0 Å². The molecule has 12 heavy (non-hydrogen) atoms. The van der Waals surface area contributed by atoms with Crippen molar-refractivity contribution in [1.29, 1.82) is 0 Å². The van der Waals surface area contributed by atoms with E-state index in [1.807, 2.05) is 16.7 Å². The molecular weight excluding hydrogens is 172 g/mol. The van der Waals surface area contributed by atoms with Crippen LogP contribution in [0, 0.1) is 0 Å². The SMILES string of the molecule is NCCSC1CC2CC(=O)N2C1. The maximum atomic E-state index is 11.0. The van der Waals surface area contributed by atoms with E-state index >= 15 is 0 Å². The zero-order valence-electron chi connectivity index (χ0n) is 7.03. The number of nitrogens with two attached hydrogens (primary N) is 1. The van der Waals surface area contributed by atoms with Crippen LogP contribution in [0.1, 0.15) is 12.8 Å². The van der Waals surface area contributed by atoms with E-state index in [2.05, 4.69) is 0 Å². The summed E-state index contributed by atoms with van der Waals surface area (Å²) in [5.74, 6) is 1.37. The van der Waals surface area contributed by atoms with Crippen molar-refractivity contribution in [3.05, 3.63) is 0 Å². The molecule has 0 aromatic rings. The number of hydrogen-bond donors (Lipinski definition) is 1. The second kappa shape index (κ2) is 3.26. The first-order valence-electron chi connectivity index (χ1n) is 4.42. The van der Waals surface area contributed by atoms with Crippen molar-refractivity contribution in [1.82, 2.24) is 4.90 Å². The molecule has 2 rings (SSSR count). The molecule has 2 atom stereocenters. The van der Waals surface area contributed by atoms with E-state index in [1.165, 1.54) is 6.42 Å². The van der Waals surface area contributed by atoms with E-state index in [4.69, 9.17) is 5.73 Å². The topological polar surface area (TPSA) is 46.3 Å². The van der Waals surface area contributed by atoms with Gasteiger partial charge in [0.25, 0.3) is 0 Å². The highest BCUT2D eigenvalue weighted by atomic mass is 32.2. The van der Waals surface area contributed by atoms with Crippen LogP contribution in [-0.4, -0.2) is 40.9 Å². The standard InChI is InChI=1S/C8H14N2OS/c9-1-2-12-7-3-6-4-8(11)10(6)5-7/h6-7H,1-5,9H2. The molecule has 0 aromatic heterocycles. The lowest BCUT2D eigenvalue weighted by Gasteiger charge is -2.33. The zero-order valence-corrected chi connectivity index (χ0v) is 7.85. The van der Waals surface area contributed by atoms with Crippen LogP contribution < -0.4 is 5.73 Å². The van der Waals surface area contributed by atoms with Gasteiger partial charge in [-0.15, -0.1) is 0 Å². The van der Waals surface area contributed by atoms with Crippen LogP contribution >= 0.6 is 11.8 Å². The lowest BCUT2D eigenvalue weighted by molar-refractivity contribution is -0.142. The lowest BCUT2D eigenvalue weighted by Crippen LogP contribution is -2.48. The molecule has 2 fully saturated rings. The Morgan fingerprint density at radius 2 is 2.50 bits per heavy atom. The van der Waals surface area contributed by atoms with Gasteiger partial charge in [-0.1, -0.05) is 0 Å². The Hall–Kier alpha value is -0.220. The van der Waals surface area contributed by atoms with Gasteiger partial charge in [-0.2, -0.15) is 11.8 Å². The largest absolute Gasteiger partial charge is 0.338 e. The molecule has 2 unspecified atom stereocenters. The van der Waals surface area contributed by atoms with Crippen molar-refractivity contribution in [2.75, 3.05) is 18.8 Å². The van der Waals surface area contributed by atoms with E-state index in [9.17, 15) is 4.79 Å². The molecule has 0 radical (unpaired) electrons. The molecule has 2 saturated heterocycles. The number of thioether (sulfide) groups is 1.